The molecule has 0 radical (unpaired) electrons. The van der Waals surface area contributed by atoms with E-state index in [0.29, 0.717) is 0 Å². The lowest BCUT2D eigenvalue weighted by atomic mass is 10.3. The Hall–Kier alpha value is -1.43. The highest BCUT2D eigenvalue weighted by Gasteiger charge is 2.31. The van der Waals surface area contributed by atoms with Crippen LogP contribution in [0.1, 0.15) is 13.8 Å². The molecule has 0 unspecified atom stereocenters. The second-order valence-corrected chi connectivity index (χ2v) is 5.44. The summed E-state index contributed by atoms with van der Waals surface area (Å²) in [5.74, 6) is 0.111. The smallest absolute Gasteiger partial charge is 0.365 e. The van der Waals surface area contributed by atoms with Gasteiger partial charge in [0, 0.05) is 6.07 Å². The van der Waals surface area contributed by atoms with Gasteiger partial charge in [-0.2, -0.15) is 0 Å². The Kier molecular flexibility index (Phi) is 5.47. The minimum Gasteiger partial charge on any atom is -0.496 e. The molecule has 1 aromatic carbocycles. The highest BCUT2D eigenvalue weighted by atomic mass is 31.2. The predicted molar refractivity (Wildman–Crippen MR) is 70.1 cm³/mol. The molecule has 7 nitrogen and oxygen atoms in total. The molecule has 19 heavy (non-hydrogen) atoms. The maximum atomic E-state index is 12.6. The Morgan fingerprint density at radius 3 is 2.26 bits per heavy atom. The number of ether oxygens (including phenoxy) is 1. The largest absolute Gasteiger partial charge is 0.496 e. The second-order valence-electron chi connectivity index (χ2n) is 3.45. The molecule has 0 amide bonds. The standard InChI is InChI=1S/C11H16NO6P/c1-4-17-19(15,18-5-2)11-7-6-9(12(13)14)8-10(11)16-3/h6-8H,4-5H2,1-3H3. The molecule has 1 rings (SSSR count). The highest BCUT2D eigenvalue weighted by Crippen LogP contribution is 2.49. The van der Waals surface area contributed by atoms with Crippen LogP contribution in [0, 0.1) is 10.1 Å². The molecule has 0 aliphatic carbocycles. The van der Waals surface area contributed by atoms with E-state index >= 15 is 0 Å². The molecule has 0 aliphatic rings. The molecule has 0 fully saturated rings. The Morgan fingerprint density at radius 1 is 1.26 bits per heavy atom. The van der Waals surface area contributed by atoms with E-state index < -0.39 is 12.5 Å². The molecule has 1 aromatic rings. The van der Waals surface area contributed by atoms with Gasteiger partial charge in [-0.1, -0.05) is 0 Å². The monoisotopic (exact) mass is 289 g/mol. The molecule has 0 saturated heterocycles. The molecule has 0 saturated carbocycles. The SMILES string of the molecule is CCOP(=O)(OCC)c1ccc([N+](=O)[O-])cc1OC. The molecule has 0 atom stereocenters. The first-order chi connectivity index (χ1) is 8.98. The van der Waals surface area contributed by atoms with Crippen LogP contribution >= 0.6 is 7.60 Å². The topological polar surface area (TPSA) is 87.9 Å². The van der Waals surface area contributed by atoms with Gasteiger partial charge < -0.3 is 13.8 Å². The lowest BCUT2D eigenvalue weighted by molar-refractivity contribution is -0.384. The molecule has 0 bridgehead atoms. The number of nitro groups is 1. The number of benzene rings is 1. The van der Waals surface area contributed by atoms with Crippen molar-refractivity contribution in [3.63, 3.8) is 0 Å². The number of nitro benzene ring substituents is 1. The summed E-state index contributed by atoms with van der Waals surface area (Å²) in [5.41, 5.74) is -0.153. The summed E-state index contributed by atoms with van der Waals surface area (Å²) in [6.07, 6.45) is 0. The van der Waals surface area contributed by atoms with E-state index in [0.717, 1.165) is 0 Å². The predicted octanol–water partition coefficient (Wildman–Crippen LogP) is 2.49. The third-order valence-electron chi connectivity index (χ3n) is 2.27. The van der Waals surface area contributed by atoms with Crippen molar-refractivity contribution in [2.45, 2.75) is 13.8 Å². The molecule has 0 aliphatic heterocycles. The molecule has 0 aromatic heterocycles. The van der Waals surface area contributed by atoms with Crippen molar-refractivity contribution >= 4 is 18.6 Å². The maximum absolute atomic E-state index is 12.6. The van der Waals surface area contributed by atoms with Crippen LogP contribution in [0.25, 0.3) is 0 Å². The van der Waals surface area contributed by atoms with Gasteiger partial charge in [0.2, 0.25) is 0 Å². The first-order valence-electron chi connectivity index (χ1n) is 5.70. The zero-order valence-corrected chi connectivity index (χ0v) is 11.9. The number of rotatable bonds is 7. The molecular formula is C11H16NO6P. The molecule has 8 heteroatoms. The third-order valence-corrected chi connectivity index (χ3v) is 4.42. The molecule has 106 valence electrons. The van der Waals surface area contributed by atoms with Crippen molar-refractivity contribution in [3.8, 4) is 5.75 Å². The van der Waals surface area contributed by atoms with E-state index in [1.165, 1.54) is 25.3 Å². The van der Waals surface area contributed by atoms with Gasteiger partial charge >= 0.3 is 7.60 Å². The van der Waals surface area contributed by atoms with E-state index in [1.807, 2.05) is 0 Å². The van der Waals surface area contributed by atoms with Crippen LogP contribution < -0.4 is 10.0 Å². The lowest BCUT2D eigenvalue weighted by Gasteiger charge is -2.19. The van der Waals surface area contributed by atoms with Gasteiger partial charge in [0.05, 0.1) is 31.3 Å². The Morgan fingerprint density at radius 2 is 1.84 bits per heavy atom. The minimum absolute atomic E-state index is 0.111. The fourth-order valence-electron chi connectivity index (χ4n) is 1.52. The molecule has 0 heterocycles. The third kappa shape index (κ3) is 3.53. The number of hydrogen-bond donors (Lipinski definition) is 0. The van der Waals surface area contributed by atoms with Crippen LogP contribution in [0.4, 0.5) is 5.69 Å². The average Bonchev–Trinajstić information content (AvgIpc) is 2.38. The van der Waals surface area contributed by atoms with Crippen molar-refractivity contribution in [3.05, 3.63) is 28.3 Å². The van der Waals surface area contributed by atoms with E-state index in [4.69, 9.17) is 13.8 Å². The molecular weight excluding hydrogens is 273 g/mol. The Balaban J connectivity index is 3.31. The summed E-state index contributed by atoms with van der Waals surface area (Å²) < 4.78 is 28.0. The first kappa shape index (κ1) is 15.6. The molecule has 0 spiro atoms. The summed E-state index contributed by atoms with van der Waals surface area (Å²) in [6, 6.07) is 3.77. The number of nitrogens with zero attached hydrogens (tertiary/aromatic N) is 1. The summed E-state index contributed by atoms with van der Waals surface area (Å²) in [6.45, 7) is 3.75. The van der Waals surface area contributed by atoms with Gasteiger partial charge in [-0.3, -0.25) is 14.7 Å². The van der Waals surface area contributed by atoms with Crippen LogP contribution in [0.3, 0.4) is 0 Å². The summed E-state index contributed by atoms with van der Waals surface area (Å²) >= 11 is 0. The van der Waals surface area contributed by atoms with Crippen LogP contribution in [-0.4, -0.2) is 25.2 Å². The average molecular weight is 289 g/mol. The number of hydrogen-bond acceptors (Lipinski definition) is 6. The fraction of sp³-hybridized carbons (Fsp3) is 0.455. The summed E-state index contributed by atoms with van der Waals surface area (Å²) in [7, 11) is -2.19. The summed E-state index contributed by atoms with van der Waals surface area (Å²) in [4.78, 5) is 10.1. The van der Waals surface area contributed by atoms with Crippen molar-refractivity contribution in [2.24, 2.45) is 0 Å². The zero-order chi connectivity index (χ0) is 14.5. The number of methoxy groups -OCH3 is 1. The van der Waals surface area contributed by atoms with Crippen molar-refractivity contribution < 1.29 is 23.3 Å². The Bertz CT molecular complexity index is 494. The normalized spacial score (nSPS) is 11.3. The zero-order valence-electron chi connectivity index (χ0n) is 11.0. The van der Waals surface area contributed by atoms with Gasteiger partial charge in [-0.15, -0.1) is 0 Å². The maximum Gasteiger partial charge on any atom is 0.365 e. The van der Waals surface area contributed by atoms with Crippen LogP contribution in [0.15, 0.2) is 18.2 Å². The van der Waals surface area contributed by atoms with E-state index in [9.17, 15) is 14.7 Å². The summed E-state index contributed by atoms with van der Waals surface area (Å²) in [5, 5.41) is 10.9. The van der Waals surface area contributed by atoms with Gasteiger partial charge in [0.15, 0.2) is 0 Å². The van der Waals surface area contributed by atoms with Crippen LogP contribution in [0.2, 0.25) is 0 Å². The highest BCUT2D eigenvalue weighted by molar-refractivity contribution is 7.62. The lowest BCUT2D eigenvalue weighted by Crippen LogP contribution is -2.13. The van der Waals surface area contributed by atoms with Crippen molar-refractivity contribution in [1.29, 1.82) is 0 Å². The van der Waals surface area contributed by atoms with E-state index in [-0.39, 0.29) is 30.0 Å². The van der Waals surface area contributed by atoms with Crippen molar-refractivity contribution in [1.82, 2.24) is 0 Å². The number of non-ortho nitro benzene ring substituents is 1. The first-order valence-corrected chi connectivity index (χ1v) is 7.24. The Labute approximate surface area is 111 Å². The van der Waals surface area contributed by atoms with E-state index in [2.05, 4.69) is 0 Å². The quantitative estimate of drug-likeness (QED) is 0.435. The van der Waals surface area contributed by atoms with Crippen molar-refractivity contribution in [2.75, 3.05) is 20.3 Å². The van der Waals surface area contributed by atoms with Gasteiger partial charge in [0.25, 0.3) is 5.69 Å². The molecule has 0 N–H and O–H groups in total. The van der Waals surface area contributed by atoms with Crippen LogP contribution in [-0.2, 0) is 13.6 Å². The van der Waals surface area contributed by atoms with Gasteiger partial charge in [-0.25, -0.2) is 0 Å². The van der Waals surface area contributed by atoms with E-state index in [1.54, 1.807) is 13.8 Å². The second kappa shape index (κ2) is 6.65. The van der Waals surface area contributed by atoms with Gasteiger partial charge in [0.1, 0.15) is 11.1 Å². The van der Waals surface area contributed by atoms with Gasteiger partial charge in [-0.05, 0) is 19.9 Å². The van der Waals surface area contributed by atoms with Crippen LogP contribution in [0.5, 0.6) is 5.75 Å². The fourth-order valence-corrected chi connectivity index (χ4v) is 3.24. The minimum atomic E-state index is -3.52.